The molecule has 9 nitrogen and oxygen atoms in total. The average Bonchev–Trinajstić information content (AvgIpc) is 3.68. The highest BCUT2D eigenvalue weighted by Crippen LogP contribution is 2.45. The Bertz CT molecular complexity index is 1910. The van der Waals surface area contributed by atoms with Crippen LogP contribution in [0.3, 0.4) is 0 Å². The molecule has 220 valence electrons. The Kier molecular flexibility index (Phi) is 7.49. The molecule has 3 heterocycles. The van der Waals surface area contributed by atoms with E-state index in [2.05, 4.69) is 15.6 Å². The number of aromatic hydroxyl groups is 1. The van der Waals surface area contributed by atoms with Crippen LogP contribution in [0, 0.1) is 0 Å². The van der Waals surface area contributed by atoms with Crippen molar-refractivity contribution < 1.29 is 24.2 Å². The van der Waals surface area contributed by atoms with E-state index in [1.54, 1.807) is 55.3 Å². The summed E-state index contributed by atoms with van der Waals surface area (Å²) in [4.78, 5) is 45.2. The SMILES string of the molecule is CC(C)(C)OC(=O)Nc1ccc2sc(C(=O)Nc3nc(C(=O)N4C[C@@H](CCl)c5c4cc(O)c4ccccc54)cs3)cc2c1. The van der Waals surface area contributed by atoms with Crippen molar-refractivity contribution in [2.75, 3.05) is 28.0 Å². The Balaban J connectivity index is 1.18. The Hall–Kier alpha value is -4.19. The summed E-state index contributed by atoms with van der Waals surface area (Å²) in [6, 6.07) is 16.2. The van der Waals surface area contributed by atoms with Gasteiger partial charge in [0.25, 0.3) is 11.8 Å². The van der Waals surface area contributed by atoms with Gasteiger partial charge in [0, 0.05) is 45.6 Å². The molecule has 43 heavy (non-hydrogen) atoms. The molecule has 1 aliphatic rings. The quantitative estimate of drug-likeness (QED) is 0.170. The van der Waals surface area contributed by atoms with Crippen molar-refractivity contribution in [2.24, 2.45) is 0 Å². The number of thiazole rings is 1. The maximum atomic E-state index is 13.6. The second-order valence-corrected chi connectivity index (χ2v) is 13.4. The number of nitrogens with zero attached hydrogens (tertiary/aromatic N) is 2. The number of rotatable bonds is 5. The lowest BCUT2D eigenvalue weighted by molar-refractivity contribution is 0.0635. The number of amides is 3. The van der Waals surface area contributed by atoms with E-state index in [0.29, 0.717) is 34.1 Å². The second-order valence-electron chi connectivity index (χ2n) is 11.1. The van der Waals surface area contributed by atoms with Gasteiger partial charge in [0.05, 0.1) is 10.6 Å². The van der Waals surface area contributed by atoms with E-state index in [9.17, 15) is 19.5 Å². The number of ether oxygens (including phenoxy) is 1. The topological polar surface area (TPSA) is 121 Å². The summed E-state index contributed by atoms with van der Waals surface area (Å²) in [6.07, 6.45) is -0.560. The summed E-state index contributed by atoms with van der Waals surface area (Å²) in [7, 11) is 0. The number of phenols is 1. The van der Waals surface area contributed by atoms with Crippen molar-refractivity contribution in [3.63, 3.8) is 0 Å². The van der Waals surface area contributed by atoms with Crippen molar-refractivity contribution in [1.82, 2.24) is 4.98 Å². The summed E-state index contributed by atoms with van der Waals surface area (Å²) in [6.45, 7) is 5.72. The molecule has 0 saturated carbocycles. The van der Waals surface area contributed by atoms with E-state index in [1.165, 1.54) is 11.3 Å². The minimum Gasteiger partial charge on any atom is -0.507 e. The first-order chi connectivity index (χ1) is 20.5. The van der Waals surface area contributed by atoms with Gasteiger partial charge in [0.1, 0.15) is 17.0 Å². The van der Waals surface area contributed by atoms with Crippen LogP contribution in [0.5, 0.6) is 5.75 Å². The van der Waals surface area contributed by atoms with Crippen molar-refractivity contribution in [2.45, 2.75) is 32.3 Å². The molecule has 0 unspecified atom stereocenters. The van der Waals surface area contributed by atoms with Crippen LogP contribution in [-0.2, 0) is 4.74 Å². The Morgan fingerprint density at radius 2 is 1.86 bits per heavy atom. The number of hydrogen-bond donors (Lipinski definition) is 3. The molecular weight excluding hydrogens is 608 g/mol. The van der Waals surface area contributed by atoms with Crippen LogP contribution < -0.4 is 15.5 Å². The fourth-order valence-electron chi connectivity index (χ4n) is 5.13. The Labute approximate surface area is 260 Å². The maximum Gasteiger partial charge on any atom is 0.412 e. The predicted octanol–water partition coefficient (Wildman–Crippen LogP) is 7.80. The average molecular weight is 635 g/mol. The minimum absolute atomic E-state index is 0.0877. The molecule has 6 rings (SSSR count). The number of thiophene rings is 1. The normalized spacial score (nSPS) is 14.6. The maximum absolute atomic E-state index is 13.6. The molecule has 0 fully saturated rings. The van der Waals surface area contributed by atoms with Crippen molar-refractivity contribution in [3.05, 3.63) is 76.1 Å². The zero-order valence-electron chi connectivity index (χ0n) is 23.4. The molecule has 1 atom stereocenters. The molecule has 0 radical (unpaired) electrons. The summed E-state index contributed by atoms with van der Waals surface area (Å²) >= 11 is 8.76. The lowest BCUT2D eigenvalue weighted by Crippen LogP contribution is -2.30. The van der Waals surface area contributed by atoms with Gasteiger partial charge in [-0.3, -0.25) is 20.2 Å². The molecule has 3 aromatic carbocycles. The molecule has 0 spiro atoms. The first kappa shape index (κ1) is 28.9. The van der Waals surface area contributed by atoms with Crippen LogP contribution >= 0.6 is 34.3 Å². The molecule has 0 bridgehead atoms. The van der Waals surface area contributed by atoms with Gasteiger partial charge in [-0.2, -0.15) is 0 Å². The van der Waals surface area contributed by atoms with Gasteiger partial charge in [0.2, 0.25) is 0 Å². The number of fused-ring (bicyclic) bond motifs is 4. The van der Waals surface area contributed by atoms with E-state index >= 15 is 0 Å². The number of carbonyl (C=O) groups is 3. The Morgan fingerprint density at radius 3 is 2.60 bits per heavy atom. The standard InChI is InChI=1S/C31H27ClN4O5S2/c1-31(2,3)41-30(40)33-18-8-9-24-16(10-18)11-25(43-24)27(38)35-29-34-21(15-42-29)28(39)36-14-17(13-32)26-20-7-5-4-6-19(20)23(37)12-22(26)36/h4-12,15,17,37H,13-14H2,1-3H3,(H,33,40)(H,34,35,38)/t17-/m1/s1. The van der Waals surface area contributed by atoms with Gasteiger partial charge in [0.15, 0.2) is 5.13 Å². The molecular formula is C31H27ClN4O5S2. The number of anilines is 3. The Morgan fingerprint density at radius 1 is 1.09 bits per heavy atom. The first-order valence-electron chi connectivity index (χ1n) is 13.4. The summed E-state index contributed by atoms with van der Waals surface area (Å²) < 4.78 is 6.17. The highest BCUT2D eigenvalue weighted by molar-refractivity contribution is 7.21. The number of alkyl halides is 1. The molecule has 3 amide bonds. The molecule has 2 aromatic heterocycles. The van der Waals surface area contributed by atoms with E-state index in [1.807, 2.05) is 30.3 Å². The summed E-state index contributed by atoms with van der Waals surface area (Å²) in [5.41, 5.74) is 1.65. The van der Waals surface area contributed by atoms with Gasteiger partial charge in [-0.1, -0.05) is 24.3 Å². The zero-order valence-corrected chi connectivity index (χ0v) is 25.8. The number of nitrogens with one attached hydrogen (secondary N) is 2. The number of halogens is 1. The van der Waals surface area contributed by atoms with Gasteiger partial charge in [-0.15, -0.1) is 34.3 Å². The first-order valence-corrected chi connectivity index (χ1v) is 15.7. The fraction of sp³-hybridized carbons (Fsp3) is 0.226. The summed E-state index contributed by atoms with van der Waals surface area (Å²) in [5, 5.41) is 20.4. The number of aromatic nitrogens is 1. The van der Waals surface area contributed by atoms with Gasteiger partial charge < -0.3 is 14.7 Å². The lowest BCUT2D eigenvalue weighted by Gasteiger charge is -2.19. The van der Waals surface area contributed by atoms with Gasteiger partial charge in [-0.05, 0) is 61.4 Å². The minimum atomic E-state index is -0.619. The van der Waals surface area contributed by atoms with Crippen LogP contribution in [0.1, 0.15) is 52.4 Å². The molecule has 3 N–H and O–H groups in total. The number of phenolic OH excluding ortho intramolecular Hbond substituents is 1. The van der Waals surface area contributed by atoms with E-state index < -0.39 is 11.7 Å². The van der Waals surface area contributed by atoms with Crippen LogP contribution in [0.4, 0.5) is 21.3 Å². The third-order valence-corrected chi connectivity index (χ3v) is 9.15. The van der Waals surface area contributed by atoms with E-state index in [0.717, 1.165) is 32.4 Å². The molecule has 1 aliphatic heterocycles. The van der Waals surface area contributed by atoms with Gasteiger partial charge >= 0.3 is 6.09 Å². The molecule has 12 heteroatoms. The highest BCUT2D eigenvalue weighted by Gasteiger charge is 2.35. The monoisotopic (exact) mass is 634 g/mol. The van der Waals surface area contributed by atoms with Crippen molar-refractivity contribution in [3.8, 4) is 5.75 Å². The largest absolute Gasteiger partial charge is 0.507 e. The van der Waals surface area contributed by atoms with Crippen LogP contribution in [0.25, 0.3) is 20.9 Å². The number of benzene rings is 3. The van der Waals surface area contributed by atoms with Gasteiger partial charge in [-0.25, -0.2) is 9.78 Å². The second kappa shape index (κ2) is 11.1. The molecule has 5 aromatic rings. The number of hydrogen-bond acceptors (Lipinski definition) is 8. The van der Waals surface area contributed by atoms with E-state index in [4.69, 9.17) is 16.3 Å². The molecule has 0 aliphatic carbocycles. The van der Waals surface area contributed by atoms with Crippen molar-refractivity contribution in [1.29, 1.82) is 0 Å². The van der Waals surface area contributed by atoms with E-state index in [-0.39, 0.29) is 34.3 Å². The third-order valence-electron chi connectivity index (χ3n) is 6.91. The zero-order chi connectivity index (χ0) is 30.5. The third kappa shape index (κ3) is 5.75. The molecule has 0 saturated heterocycles. The van der Waals surface area contributed by atoms with Crippen LogP contribution in [-0.4, -0.2) is 46.0 Å². The fourth-order valence-corrected chi connectivity index (χ4v) is 7.00. The lowest BCUT2D eigenvalue weighted by atomic mass is 9.95. The smallest absolute Gasteiger partial charge is 0.412 e. The highest BCUT2D eigenvalue weighted by atomic mass is 35.5. The number of carbonyl (C=O) groups excluding carboxylic acids is 3. The summed E-state index contributed by atoms with van der Waals surface area (Å²) in [5.74, 6) is -0.396. The predicted molar refractivity (Wildman–Crippen MR) is 172 cm³/mol. The van der Waals surface area contributed by atoms with Crippen LogP contribution in [0.15, 0.2) is 60.0 Å². The van der Waals surface area contributed by atoms with Crippen molar-refractivity contribution >= 4 is 89.5 Å². The van der Waals surface area contributed by atoms with Crippen LogP contribution in [0.2, 0.25) is 0 Å².